The van der Waals surface area contributed by atoms with Crippen LogP contribution in [0.1, 0.15) is 37.2 Å². The highest BCUT2D eigenvalue weighted by atomic mass is 35.5. The lowest BCUT2D eigenvalue weighted by Gasteiger charge is -2.50. The molecule has 0 radical (unpaired) electrons. The minimum Gasteiger partial charge on any atom is -0.504 e. The number of carboxylic acids is 1. The molecule has 10 nitrogen and oxygen atoms in total. The molecule has 0 spiro atoms. The molecular formula is C26H26Cl2N2O8. The summed E-state index contributed by atoms with van der Waals surface area (Å²) in [7, 11) is 2.69. The van der Waals surface area contributed by atoms with Gasteiger partial charge in [0.05, 0.1) is 18.9 Å². The number of rotatable bonds is 6. The van der Waals surface area contributed by atoms with Crippen molar-refractivity contribution in [3.63, 3.8) is 0 Å². The highest BCUT2D eigenvalue weighted by Gasteiger charge is 2.75. The number of nitrogens with zero attached hydrogens (tertiary/aromatic N) is 2. The Morgan fingerprint density at radius 2 is 1.84 bits per heavy atom. The van der Waals surface area contributed by atoms with Gasteiger partial charge in [0.1, 0.15) is 0 Å². The van der Waals surface area contributed by atoms with E-state index in [0.29, 0.717) is 11.1 Å². The molecule has 1 aromatic carbocycles. The summed E-state index contributed by atoms with van der Waals surface area (Å²) in [5.74, 6) is -6.47. The standard InChI is InChI=1S/C26H26Cl2N2O8/c1-29-23(36)25(27)11-15-13(6-7-14-19(15)22(35)30(21(14)34)9-3-4-18(32)33)20(26(25,28)24(29)37)12-5-8-17(38-2)16(31)10-12/h5-6,8,10,14-15,19-20,31H,3-4,7,9,11H2,1-2H3,(H,32,33)/t14-,15+,19-,20-,25+,26-/m0/s1. The summed E-state index contributed by atoms with van der Waals surface area (Å²) in [5, 5.41) is 19.5. The smallest absolute Gasteiger partial charge is 0.303 e. The largest absolute Gasteiger partial charge is 0.504 e. The van der Waals surface area contributed by atoms with Gasteiger partial charge in [-0.05, 0) is 42.9 Å². The van der Waals surface area contributed by atoms with Crippen molar-refractivity contribution in [2.75, 3.05) is 20.7 Å². The Morgan fingerprint density at radius 1 is 1.13 bits per heavy atom. The van der Waals surface area contributed by atoms with Crippen molar-refractivity contribution < 1.29 is 38.9 Å². The highest BCUT2D eigenvalue weighted by Crippen LogP contribution is 2.65. The number of allylic oxidation sites excluding steroid dienone is 2. The van der Waals surface area contributed by atoms with Gasteiger partial charge in [0.2, 0.25) is 11.8 Å². The lowest BCUT2D eigenvalue weighted by atomic mass is 9.56. The van der Waals surface area contributed by atoms with Crippen LogP contribution in [-0.4, -0.2) is 80.1 Å². The van der Waals surface area contributed by atoms with Crippen LogP contribution in [0.2, 0.25) is 0 Å². The van der Waals surface area contributed by atoms with Crippen LogP contribution < -0.4 is 4.74 Å². The maximum absolute atomic E-state index is 13.6. The number of hydrogen-bond acceptors (Lipinski definition) is 7. The van der Waals surface area contributed by atoms with Crippen LogP contribution in [0, 0.1) is 17.8 Å². The molecule has 2 heterocycles. The molecule has 6 atom stereocenters. The number of alkyl halides is 2. The van der Waals surface area contributed by atoms with E-state index in [-0.39, 0.29) is 43.7 Å². The highest BCUT2D eigenvalue weighted by molar-refractivity contribution is 6.53. The van der Waals surface area contributed by atoms with Crippen LogP contribution in [0.15, 0.2) is 29.8 Å². The topological polar surface area (TPSA) is 142 Å². The van der Waals surface area contributed by atoms with Crippen LogP contribution in [0.4, 0.5) is 0 Å². The monoisotopic (exact) mass is 564 g/mol. The van der Waals surface area contributed by atoms with E-state index in [2.05, 4.69) is 0 Å². The third-order valence-corrected chi connectivity index (χ3v) is 9.83. The van der Waals surface area contributed by atoms with Crippen molar-refractivity contribution in [1.82, 2.24) is 9.80 Å². The van der Waals surface area contributed by atoms with Crippen LogP contribution in [0.5, 0.6) is 11.5 Å². The summed E-state index contributed by atoms with van der Waals surface area (Å²) in [6.07, 6.45) is 1.79. The zero-order valence-corrected chi connectivity index (χ0v) is 22.2. The number of phenolic OH excluding ortho intramolecular Hbond substituents is 1. The van der Waals surface area contributed by atoms with E-state index >= 15 is 0 Å². The van der Waals surface area contributed by atoms with E-state index in [4.69, 9.17) is 33.0 Å². The number of phenols is 1. The summed E-state index contributed by atoms with van der Waals surface area (Å²) < 4.78 is 5.14. The van der Waals surface area contributed by atoms with E-state index in [1.807, 2.05) is 0 Å². The van der Waals surface area contributed by atoms with E-state index in [0.717, 1.165) is 9.80 Å². The number of carboxylic acid groups (broad SMARTS) is 1. The Balaban J connectivity index is 1.62. The SMILES string of the molecule is COc1ccc([C@H]2C3=CC[C@@H]4C(=O)N(CCCC(=O)O)C(=O)[C@@H]4[C@@H]3C[C@@]3(Cl)C(=O)N(C)C(=O)[C@@]23Cl)cc1O. The minimum atomic E-state index is -1.94. The maximum atomic E-state index is 13.6. The first-order valence-electron chi connectivity index (χ1n) is 12.2. The second-order valence-corrected chi connectivity index (χ2v) is 11.5. The van der Waals surface area contributed by atoms with E-state index < -0.39 is 63.0 Å². The Labute approximate surface area is 228 Å². The summed E-state index contributed by atoms with van der Waals surface area (Å²) in [5.41, 5.74) is 1.01. The predicted molar refractivity (Wildman–Crippen MR) is 134 cm³/mol. The molecule has 4 amide bonds. The maximum Gasteiger partial charge on any atom is 0.303 e. The molecule has 2 saturated heterocycles. The fourth-order valence-corrected chi connectivity index (χ4v) is 7.70. The van der Waals surface area contributed by atoms with Crippen molar-refractivity contribution in [2.45, 2.75) is 41.3 Å². The Bertz CT molecular complexity index is 1310. The van der Waals surface area contributed by atoms with Crippen molar-refractivity contribution >= 4 is 52.8 Å². The average Bonchev–Trinajstić information content (AvgIpc) is 3.19. The molecule has 1 saturated carbocycles. The van der Waals surface area contributed by atoms with Gasteiger partial charge < -0.3 is 14.9 Å². The minimum absolute atomic E-state index is 0.0274. The first-order chi connectivity index (χ1) is 17.9. The molecule has 1 aromatic rings. The second kappa shape index (κ2) is 8.98. The molecule has 38 heavy (non-hydrogen) atoms. The van der Waals surface area contributed by atoms with Crippen LogP contribution in [-0.2, 0) is 24.0 Å². The molecule has 0 bridgehead atoms. The number of carbonyl (C=O) groups excluding carboxylic acids is 4. The number of benzene rings is 1. The first kappa shape index (κ1) is 26.5. The lowest BCUT2D eigenvalue weighted by Crippen LogP contribution is -2.60. The van der Waals surface area contributed by atoms with Crippen molar-refractivity contribution in [2.24, 2.45) is 17.8 Å². The van der Waals surface area contributed by atoms with Crippen molar-refractivity contribution in [3.05, 3.63) is 35.4 Å². The lowest BCUT2D eigenvalue weighted by molar-refractivity contribution is -0.142. The van der Waals surface area contributed by atoms with E-state index in [1.54, 1.807) is 12.1 Å². The molecular weight excluding hydrogens is 539 g/mol. The zero-order chi connectivity index (χ0) is 27.7. The summed E-state index contributed by atoms with van der Waals surface area (Å²) >= 11 is 14.1. The number of aromatic hydroxyl groups is 1. The third-order valence-electron chi connectivity index (χ3n) is 8.41. The number of hydrogen-bond donors (Lipinski definition) is 2. The number of fused-ring (bicyclic) bond motifs is 4. The first-order valence-corrected chi connectivity index (χ1v) is 13.0. The van der Waals surface area contributed by atoms with Gasteiger partial charge in [-0.25, -0.2) is 0 Å². The summed E-state index contributed by atoms with van der Waals surface area (Å²) in [6.45, 7) is -0.0274. The molecule has 0 unspecified atom stereocenters. The number of methoxy groups -OCH3 is 1. The van der Waals surface area contributed by atoms with E-state index in [9.17, 15) is 29.1 Å². The van der Waals surface area contributed by atoms with Gasteiger partial charge in [-0.2, -0.15) is 0 Å². The van der Waals surface area contributed by atoms with Gasteiger partial charge >= 0.3 is 5.97 Å². The predicted octanol–water partition coefficient (Wildman–Crippen LogP) is 2.25. The quantitative estimate of drug-likeness (QED) is 0.304. The van der Waals surface area contributed by atoms with Gasteiger partial charge in [-0.15, -0.1) is 23.2 Å². The zero-order valence-electron chi connectivity index (χ0n) is 20.6. The fourth-order valence-electron chi connectivity index (χ4n) is 6.68. The molecule has 2 N–H and O–H groups in total. The van der Waals surface area contributed by atoms with Gasteiger partial charge in [0.15, 0.2) is 21.2 Å². The molecule has 4 aliphatic rings. The molecule has 2 aliphatic carbocycles. The Kier molecular flexibility index (Phi) is 6.26. The number of aliphatic carboxylic acids is 1. The van der Waals surface area contributed by atoms with Gasteiger partial charge in [0.25, 0.3) is 11.8 Å². The molecule has 2 aliphatic heterocycles. The van der Waals surface area contributed by atoms with Crippen LogP contribution >= 0.6 is 23.2 Å². The Morgan fingerprint density at radius 3 is 2.47 bits per heavy atom. The third kappa shape index (κ3) is 3.42. The number of carbonyl (C=O) groups is 5. The van der Waals surface area contributed by atoms with E-state index in [1.165, 1.54) is 26.3 Å². The normalized spacial score (nSPS) is 34.2. The van der Waals surface area contributed by atoms with Crippen molar-refractivity contribution in [1.29, 1.82) is 0 Å². The number of amides is 4. The molecule has 202 valence electrons. The molecule has 0 aromatic heterocycles. The average molecular weight is 565 g/mol. The molecule has 3 fully saturated rings. The van der Waals surface area contributed by atoms with Gasteiger partial charge in [-0.3, -0.25) is 33.8 Å². The number of imide groups is 2. The summed E-state index contributed by atoms with van der Waals surface area (Å²) in [4.78, 5) is 62.8. The van der Waals surface area contributed by atoms with Crippen LogP contribution in [0.3, 0.4) is 0 Å². The summed E-state index contributed by atoms with van der Waals surface area (Å²) in [6, 6.07) is 4.53. The molecule has 5 rings (SSSR count). The Hall–Kier alpha value is -3.11. The molecule has 12 heteroatoms. The van der Waals surface area contributed by atoms with Gasteiger partial charge in [0, 0.05) is 25.9 Å². The van der Waals surface area contributed by atoms with Crippen molar-refractivity contribution in [3.8, 4) is 11.5 Å². The second-order valence-electron chi connectivity index (χ2n) is 10.3. The number of halogens is 2. The number of ether oxygens (including phenoxy) is 1. The number of likely N-dealkylation sites (tertiary alicyclic amines) is 2. The van der Waals surface area contributed by atoms with Crippen LogP contribution in [0.25, 0.3) is 0 Å². The fraction of sp³-hybridized carbons (Fsp3) is 0.500. The van der Waals surface area contributed by atoms with Gasteiger partial charge in [-0.1, -0.05) is 17.7 Å².